The molecule has 0 unspecified atom stereocenters. The van der Waals surface area contributed by atoms with Gasteiger partial charge in [0.15, 0.2) is 46.0 Å². The van der Waals surface area contributed by atoms with E-state index in [0.717, 1.165) is 79.2 Å². The number of hydrogen-bond donors (Lipinski definition) is 1. The lowest BCUT2D eigenvalue weighted by Crippen LogP contribution is -2.22. The molecule has 1 N–H and O–H groups in total. The summed E-state index contributed by atoms with van der Waals surface area (Å²) in [6.07, 6.45) is 19.9. The van der Waals surface area contributed by atoms with Crippen LogP contribution in [0, 0.1) is 0 Å². The molecule has 0 radical (unpaired) electrons. The monoisotopic (exact) mass is 1840 g/mol. The van der Waals surface area contributed by atoms with Crippen molar-refractivity contribution in [3.8, 4) is 69.0 Å². The summed E-state index contributed by atoms with van der Waals surface area (Å²) in [5.41, 5.74) is 16.5. The second kappa shape index (κ2) is 51.6. The Bertz CT molecular complexity index is 5850. The number of carbonyl (C=O) groups is 1. The van der Waals surface area contributed by atoms with E-state index in [9.17, 15) is 0 Å². The van der Waals surface area contributed by atoms with E-state index >= 15 is 4.79 Å². The van der Waals surface area contributed by atoms with Gasteiger partial charge >= 0.3 is 0 Å². The number of para-hydroxylation sites is 1. The van der Waals surface area contributed by atoms with Gasteiger partial charge in [-0.25, -0.2) is 5.43 Å². The number of hydrogen-bond acceptors (Lipinski definition) is 16. The average Bonchev–Trinajstić information content (AvgIpc) is 0.768. The van der Waals surface area contributed by atoms with Gasteiger partial charge in [0.25, 0.3) is 5.91 Å². The summed E-state index contributed by atoms with van der Waals surface area (Å²) in [4.78, 5) is 20.4. The maximum absolute atomic E-state index is 15.7. The Morgan fingerprint density at radius 2 is 0.496 bits per heavy atom. The molecular formula is C120H119N3O13S. The van der Waals surface area contributed by atoms with Crippen LogP contribution in [0.4, 0.5) is 11.4 Å². The molecule has 16 nitrogen and oxygen atoms in total. The lowest BCUT2D eigenvalue weighted by molar-refractivity contribution is 0.0953. The van der Waals surface area contributed by atoms with Gasteiger partial charge in [0, 0.05) is 21.9 Å². The van der Waals surface area contributed by atoms with Gasteiger partial charge in [-0.2, -0.15) is 5.10 Å². The molecule has 0 saturated heterocycles. The van der Waals surface area contributed by atoms with Crippen molar-refractivity contribution >= 4 is 35.3 Å². The summed E-state index contributed by atoms with van der Waals surface area (Å²) in [5.74, 6) is 3.43. The van der Waals surface area contributed by atoms with Crippen LogP contribution < -0.4 is 67.2 Å². The van der Waals surface area contributed by atoms with Crippen LogP contribution in [0.1, 0.15) is 179 Å². The molecule has 698 valence electrons. The van der Waals surface area contributed by atoms with Gasteiger partial charge in [-0.15, -0.1) is 0 Å². The van der Waals surface area contributed by atoms with Crippen molar-refractivity contribution in [3.05, 3.63) is 442 Å². The zero-order valence-corrected chi connectivity index (χ0v) is 78.7. The van der Waals surface area contributed by atoms with Gasteiger partial charge < -0.3 is 61.7 Å². The topological polar surface area (TPSA) is 155 Å². The van der Waals surface area contributed by atoms with Crippen LogP contribution in [0.15, 0.2) is 379 Å². The quantitative estimate of drug-likeness (QED) is 0.0218. The molecule has 16 rings (SSSR count). The SMILES string of the molecule is CCCCCCCCCCCCCCCCN1c2ccccc2Sc2cc(/C=N/NC(=O)c3cc(OCc4cc(OCc5ccccc5)c(OCc5ccccc5)c(OCc5ccccc5)c4)c(OCc4cc(OCc5ccccc5)c(OCc5ccccc5)c(OCc5ccccc5)c4)c(OCc4cc(OCc5ccccc5)c(OCc5ccccc5)c(OCc5ccccc5)c4)c3)ccc21. The third-order valence-electron chi connectivity index (χ3n) is 23.6. The van der Waals surface area contributed by atoms with E-state index in [1.807, 2.05) is 309 Å². The maximum atomic E-state index is 15.7. The molecule has 0 saturated carbocycles. The molecule has 1 heterocycles. The molecular weight excluding hydrogens is 1720 g/mol. The third kappa shape index (κ3) is 29.1. The highest BCUT2D eigenvalue weighted by atomic mass is 32.2. The van der Waals surface area contributed by atoms with E-state index in [4.69, 9.17) is 61.9 Å². The number of ether oxygens (including phenoxy) is 12. The van der Waals surface area contributed by atoms with Crippen LogP contribution in [0.3, 0.4) is 0 Å². The van der Waals surface area contributed by atoms with Crippen molar-refractivity contribution in [2.24, 2.45) is 5.10 Å². The first-order valence-electron chi connectivity index (χ1n) is 47.9. The van der Waals surface area contributed by atoms with Crippen molar-refractivity contribution in [1.29, 1.82) is 0 Å². The number of fused-ring (bicyclic) bond motifs is 2. The van der Waals surface area contributed by atoms with Gasteiger partial charge in [-0.05, 0) is 152 Å². The summed E-state index contributed by atoms with van der Waals surface area (Å²) >= 11 is 1.74. The van der Waals surface area contributed by atoms with Crippen molar-refractivity contribution < 1.29 is 61.6 Å². The van der Waals surface area contributed by atoms with Crippen LogP contribution in [-0.4, -0.2) is 18.7 Å². The highest BCUT2D eigenvalue weighted by Crippen LogP contribution is 2.50. The predicted molar refractivity (Wildman–Crippen MR) is 545 cm³/mol. The Balaban J connectivity index is 0.785. The van der Waals surface area contributed by atoms with E-state index in [1.165, 1.54) is 94.1 Å². The number of amides is 1. The largest absolute Gasteiger partial charge is 0.485 e. The van der Waals surface area contributed by atoms with Crippen LogP contribution in [-0.2, 0) is 79.3 Å². The molecule has 1 aliphatic rings. The fraction of sp³-hybridized carbons (Fsp3) is 0.233. The molecule has 15 aromatic carbocycles. The van der Waals surface area contributed by atoms with Crippen LogP contribution in [0.2, 0.25) is 0 Å². The lowest BCUT2D eigenvalue weighted by atomic mass is 10.0. The van der Waals surface area contributed by atoms with E-state index in [2.05, 4.69) is 59.7 Å². The van der Waals surface area contributed by atoms with E-state index < -0.39 is 5.91 Å². The predicted octanol–water partition coefficient (Wildman–Crippen LogP) is 29.5. The minimum absolute atomic E-state index is 0.121. The second-order valence-corrected chi connectivity index (χ2v) is 35.2. The first-order chi connectivity index (χ1) is 67.8. The fourth-order valence-corrected chi connectivity index (χ4v) is 17.4. The van der Waals surface area contributed by atoms with E-state index in [-0.39, 0.29) is 102 Å². The van der Waals surface area contributed by atoms with Crippen molar-refractivity contribution in [3.63, 3.8) is 0 Å². The molecule has 0 aliphatic carbocycles. The number of nitrogens with zero attached hydrogens (tertiary/aromatic N) is 2. The zero-order valence-electron chi connectivity index (χ0n) is 77.9. The number of nitrogens with one attached hydrogen (secondary N) is 1. The van der Waals surface area contributed by atoms with E-state index in [0.29, 0.717) is 68.4 Å². The van der Waals surface area contributed by atoms with Gasteiger partial charge in [0.1, 0.15) is 79.3 Å². The molecule has 0 aromatic heterocycles. The Morgan fingerprint density at radius 3 is 0.796 bits per heavy atom. The first kappa shape index (κ1) is 95.4. The number of rotatable bonds is 54. The Kier molecular flexibility index (Phi) is 35.9. The summed E-state index contributed by atoms with van der Waals surface area (Å²) in [7, 11) is 0. The molecule has 17 heteroatoms. The lowest BCUT2D eigenvalue weighted by Gasteiger charge is -2.33. The highest BCUT2D eigenvalue weighted by Gasteiger charge is 2.28. The standard InChI is InChI=1S/C120H119N3O13S/c1-2-3-4-5-6-7-8-9-10-11-12-13-14-44-67-123-104-63-42-43-64-114(104)137-115-74-99(65-66-105(115)123)77-121-122-120(124)103-75-112(131-87-100-68-106(125-78-90-45-24-15-25-46-90)116(133-84-96-57-36-21-37-58-96)107(69-100)126-79-91-47-26-16-27-48-91)119(136-89-102-72-110(129-82-94-53-32-19-33-54-94)118(135-86-98-61-40-23-41-62-98)111(73-102)130-83-95-55-34-20-35-56-95)113(76-103)132-88-101-70-108(127-80-92-49-28-17-29-50-92)117(134-85-97-59-38-22-39-60-97)109(71-101)128-81-93-51-30-18-31-52-93/h15-43,45-66,68-77H,2-14,44,67,78-89H2,1H3,(H,122,124)/b121-77+. The number of unbranched alkanes of at least 4 members (excludes halogenated alkanes) is 13. The zero-order chi connectivity index (χ0) is 93.3. The molecule has 0 fully saturated rings. The summed E-state index contributed by atoms with van der Waals surface area (Å²) in [6, 6.07) is 119. The van der Waals surface area contributed by atoms with Crippen molar-refractivity contribution in [1.82, 2.24) is 5.43 Å². The first-order valence-corrected chi connectivity index (χ1v) is 48.7. The minimum atomic E-state index is -0.573. The minimum Gasteiger partial charge on any atom is -0.485 e. The number of benzene rings is 15. The molecule has 0 spiro atoms. The van der Waals surface area contributed by atoms with Crippen LogP contribution in [0.25, 0.3) is 0 Å². The Hall–Kier alpha value is -14.8. The van der Waals surface area contributed by atoms with Gasteiger partial charge in [-0.3, -0.25) is 4.79 Å². The van der Waals surface area contributed by atoms with Crippen LogP contribution in [0.5, 0.6) is 69.0 Å². The smallest absolute Gasteiger partial charge is 0.271 e. The van der Waals surface area contributed by atoms with Gasteiger partial charge in [0.2, 0.25) is 23.0 Å². The highest BCUT2D eigenvalue weighted by molar-refractivity contribution is 7.99. The normalized spacial score (nSPS) is 11.4. The molecule has 1 amide bonds. The second-order valence-electron chi connectivity index (χ2n) is 34.1. The number of carbonyl (C=O) groups excluding carboxylic acids is 1. The molecule has 0 bridgehead atoms. The van der Waals surface area contributed by atoms with Crippen molar-refractivity contribution in [2.75, 3.05) is 11.4 Å². The summed E-state index contributed by atoms with van der Waals surface area (Å²) in [6.45, 7) is 4.58. The van der Waals surface area contributed by atoms with Gasteiger partial charge in [-0.1, -0.05) is 393 Å². The molecule has 1 aliphatic heterocycles. The molecule has 15 aromatic rings. The third-order valence-corrected chi connectivity index (χ3v) is 24.7. The maximum Gasteiger partial charge on any atom is 0.271 e. The summed E-state index contributed by atoms with van der Waals surface area (Å²) < 4.78 is 83.7. The van der Waals surface area contributed by atoms with E-state index in [1.54, 1.807) is 30.1 Å². The van der Waals surface area contributed by atoms with Crippen molar-refractivity contribution in [2.45, 2.75) is 186 Å². The fourth-order valence-electron chi connectivity index (χ4n) is 16.2. The van der Waals surface area contributed by atoms with Crippen LogP contribution >= 0.6 is 11.8 Å². The Morgan fingerprint density at radius 1 is 0.255 bits per heavy atom. The molecule has 0 atom stereocenters. The van der Waals surface area contributed by atoms with Gasteiger partial charge in [0.05, 0.1) is 17.6 Å². The average molecular weight is 1840 g/mol. The molecule has 137 heavy (non-hydrogen) atoms. The number of anilines is 2. The summed E-state index contributed by atoms with van der Waals surface area (Å²) in [5, 5.41) is 4.72. The Labute approximate surface area is 810 Å². The number of hydrazone groups is 1.